The Morgan fingerprint density at radius 3 is 2.79 bits per heavy atom. The van der Waals surface area contributed by atoms with E-state index in [0.29, 0.717) is 27.8 Å². The molecule has 1 N–H and O–H groups in total. The Balaban J connectivity index is 2.02. The highest BCUT2D eigenvalue weighted by Gasteiger charge is 2.09. The lowest BCUT2D eigenvalue weighted by atomic mass is 10.2. The van der Waals surface area contributed by atoms with E-state index in [2.05, 4.69) is 20.3 Å². The number of aromatic nitrogens is 4. The van der Waals surface area contributed by atoms with Crippen molar-refractivity contribution in [2.45, 2.75) is 0 Å². The van der Waals surface area contributed by atoms with E-state index in [1.54, 1.807) is 26.6 Å². The number of nitrogens with one attached hydrogen (secondary N) is 1. The number of benzene rings is 1. The Labute approximate surface area is 143 Å². The van der Waals surface area contributed by atoms with Gasteiger partial charge < -0.3 is 9.47 Å². The quantitative estimate of drug-likeness (QED) is 0.570. The summed E-state index contributed by atoms with van der Waals surface area (Å²) in [7, 11) is 3.20. The molecule has 0 atom stereocenters. The van der Waals surface area contributed by atoms with Crippen LogP contribution in [0.1, 0.15) is 5.56 Å². The number of H-pyrrole nitrogens is 1. The fraction of sp³-hybridized carbons (Fsp3) is 0.125. The highest BCUT2D eigenvalue weighted by atomic mass is 32.1. The van der Waals surface area contributed by atoms with Crippen LogP contribution < -0.4 is 9.47 Å². The largest absolute Gasteiger partial charge is 0.497 e. The summed E-state index contributed by atoms with van der Waals surface area (Å²) in [5, 5.41) is 11.3. The molecule has 0 aliphatic rings. The molecule has 0 aliphatic heterocycles. The van der Waals surface area contributed by atoms with Crippen molar-refractivity contribution in [3.63, 3.8) is 0 Å². The molecule has 0 unspecified atom stereocenters. The number of nitrogens with zero attached hydrogens (tertiary/aromatic N) is 4. The molecule has 0 bridgehead atoms. The van der Waals surface area contributed by atoms with Gasteiger partial charge in [0.15, 0.2) is 0 Å². The maximum atomic E-state index is 5.34. The third-order valence-corrected chi connectivity index (χ3v) is 3.56. The zero-order valence-corrected chi connectivity index (χ0v) is 13.9. The van der Waals surface area contributed by atoms with Gasteiger partial charge in [0, 0.05) is 11.8 Å². The van der Waals surface area contributed by atoms with Crippen molar-refractivity contribution in [3.8, 4) is 23.0 Å². The van der Waals surface area contributed by atoms with Crippen LogP contribution in [0.25, 0.3) is 11.5 Å². The van der Waals surface area contributed by atoms with Gasteiger partial charge in [0.2, 0.25) is 10.6 Å². The highest BCUT2D eigenvalue weighted by molar-refractivity contribution is 7.71. The molecule has 2 heterocycles. The zero-order valence-electron chi connectivity index (χ0n) is 13.1. The molecule has 0 spiro atoms. The van der Waals surface area contributed by atoms with Crippen molar-refractivity contribution in [2.24, 2.45) is 5.10 Å². The lowest BCUT2D eigenvalue weighted by molar-refractivity contribution is 0.402. The van der Waals surface area contributed by atoms with Crippen LogP contribution in [-0.4, -0.2) is 40.3 Å². The number of hydrogen-bond acceptors (Lipinski definition) is 6. The Kier molecular flexibility index (Phi) is 4.66. The highest BCUT2D eigenvalue weighted by Crippen LogP contribution is 2.22. The fourth-order valence-corrected chi connectivity index (χ4v) is 2.30. The summed E-state index contributed by atoms with van der Waals surface area (Å²) in [6, 6.07) is 11.0. The molecule has 0 saturated carbocycles. The van der Waals surface area contributed by atoms with E-state index in [1.165, 1.54) is 4.68 Å². The van der Waals surface area contributed by atoms with E-state index in [4.69, 9.17) is 21.7 Å². The Morgan fingerprint density at radius 2 is 2.08 bits per heavy atom. The predicted octanol–water partition coefficient (Wildman–Crippen LogP) is 2.90. The number of pyridine rings is 1. The minimum atomic E-state index is 0.369. The average Bonchev–Trinajstić information content (AvgIpc) is 3.01. The molecule has 122 valence electrons. The smallest absolute Gasteiger partial charge is 0.216 e. The SMILES string of the molecule is COc1ccc(OC)c(/C=N/n2c(-c3ccccn3)n[nH]c2=S)c1. The van der Waals surface area contributed by atoms with Crippen LogP contribution in [-0.2, 0) is 0 Å². The number of methoxy groups -OCH3 is 2. The molecule has 0 amide bonds. The first kappa shape index (κ1) is 15.9. The van der Waals surface area contributed by atoms with Crippen LogP contribution >= 0.6 is 12.2 Å². The third kappa shape index (κ3) is 3.18. The van der Waals surface area contributed by atoms with Crippen molar-refractivity contribution < 1.29 is 9.47 Å². The number of ether oxygens (including phenoxy) is 2. The molecular weight excluding hydrogens is 326 g/mol. The van der Waals surface area contributed by atoms with Gasteiger partial charge in [-0.15, -0.1) is 0 Å². The second-order valence-electron chi connectivity index (χ2n) is 4.73. The lowest BCUT2D eigenvalue weighted by Gasteiger charge is -2.07. The van der Waals surface area contributed by atoms with Crippen molar-refractivity contribution in [1.29, 1.82) is 0 Å². The van der Waals surface area contributed by atoms with Crippen molar-refractivity contribution >= 4 is 18.4 Å². The molecule has 24 heavy (non-hydrogen) atoms. The Hall–Kier alpha value is -3.00. The van der Waals surface area contributed by atoms with Gasteiger partial charge >= 0.3 is 0 Å². The molecule has 0 aliphatic carbocycles. The summed E-state index contributed by atoms with van der Waals surface area (Å²) in [5.41, 5.74) is 1.42. The van der Waals surface area contributed by atoms with Crippen LogP contribution in [0.3, 0.4) is 0 Å². The van der Waals surface area contributed by atoms with E-state index >= 15 is 0 Å². The first-order chi connectivity index (χ1) is 11.7. The van der Waals surface area contributed by atoms with Crippen molar-refractivity contribution in [1.82, 2.24) is 19.9 Å². The minimum absolute atomic E-state index is 0.369. The van der Waals surface area contributed by atoms with Gasteiger partial charge in [-0.05, 0) is 42.5 Å². The molecule has 3 aromatic rings. The first-order valence-corrected chi connectivity index (χ1v) is 7.49. The number of rotatable bonds is 5. The van der Waals surface area contributed by atoms with Crippen molar-refractivity contribution in [2.75, 3.05) is 14.2 Å². The van der Waals surface area contributed by atoms with Crippen LogP contribution in [0.4, 0.5) is 0 Å². The molecule has 8 heteroatoms. The summed E-state index contributed by atoms with van der Waals surface area (Å²) >= 11 is 5.25. The number of aromatic amines is 1. The average molecular weight is 341 g/mol. The lowest BCUT2D eigenvalue weighted by Crippen LogP contribution is -1.98. The Morgan fingerprint density at radius 1 is 1.21 bits per heavy atom. The van der Waals surface area contributed by atoms with Gasteiger partial charge in [0.25, 0.3) is 0 Å². The second kappa shape index (κ2) is 7.05. The normalized spacial score (nSPS) is 10.9. The van der Waals surface area contributed by atoms with E-state index < -0.39 is 0 Å². The van der Waals surface area contributed by atoms with Crippen LogP contribution in [0.15, 0.2) is 47.7 Å². The monoisotopic (exact) mass is 341 g/mol. The standard InChI is InChI=1S/C16H15N5O2S/c1-22-12-6-7-14(23-2)11(9-12)10-18-21-15(19-20-16(21)24)13-5-3-4-8-17-13/h3-10H,1-2H3,(H,20,24)/b18-10+. The topological polar surface area (TPSA) is 77.3 Å². The molecule has 3 rings (SSSR count). The van der Waals surface area contributed by atoms with Gasteiger partial charge in [0.1, 0.15) is 17.2 Å². The van der Waals surface area contributed by atoms with Gasteiger partial charge in [-0.1, -0.05) is 6.07 Å². The van der Waals surface area contributed by atoms with Crippen LogP contribution in [0, 0.1) is 4.77 Å². The summed E-state index contributed by atoms with van der Waals surface area (Å²) in [5.74, 6) is 1.91. The first-order valence-electron chi connectivity index (χ1n) is 7.08. The predicted molar refractivity (Wildman–Crippen MR) is 93.2 cm³/mol. The molecule has 0 radical (unpaired) electrons. The van der Waals surface area contributed by atoms with E-state index in [-0.39, 0.29) is 0 Å². The van der Waals surface area contributed by atoms with E-state index in [1.807, 2.05) is 36.4 Å². The van der Waals surface area contributed by atoms with Crippen LogP contribution in [0.2, 0.25) is 0 Å². The molecular formula is C16H15N5O2S. The van der Waals surface area contributed by atoms with Crippen molar-refractivity contribution in [3.05, 3.63) is 52.9 Å². The molecule has 7 nitrogen and oxygen atoms in total. The maximum Gasteiger partial charge on any atom is 0.216 e. The minimum Gasteiger partial charge on any atom is -0.497 e. The van der Waals surface area contributed by atoms with Gasteiger partial charge in [0.05, 0.1) is 20.4 Å². The fourth-order valence-electron chi connectivity index (χ4n) is 2.12. The zero-order chi connectivity index (χ0) is 16.9. The summed E-state index contributed by atoms with van der Waals surface area (Å²) < 4.78 is 12.5. The van der Waals surface area contributed by atoms with Gasteiger partial charge in [-0.3, -0.25) is 4.98 Å². The third-order valence-electron chi connectivity index (χ3n) is 3.29. The number of hydrogen-bond donors (Lipinski definition) is 1. The second-order valence-corrected chi connectivity index (χ2v) is 5.12. The molecule has 2 aromatic heterocycles. The van der Waals surface area contributed by atoms with E-state index in [0.717, 1.165) is 5.56 Å². The van der Waals surface area contributed by atoms with Gasteiger partial charge in [-0.25, -0.2) is 5.10 Å². The molecule has 1 aromatic carbocycles. The summed E-state index contributed by atoms with van der Waals surface area (Å²) in [6.07, 6.45) is 3.32. The summed E-state index contributed by atoms with van der Waals surface area (Å²) in [6.45, 7) is 0. The van der Waals surface area contributed by atoms with Crippen LogP contribution in [0.5, 0.6) is 11.5 Å². The summed E-state index contributed by atoms with van der Waals surface area (Å²) in [4.78, 5) is 4.27. The molecule has 0 fully saturated rings. The Bertz CT molecular complexity index is 918. The van der Waals surface area contributed by atoms with E-state index in [9.17, 15) is 0 Å². The van der Waals surface area contributed by atoms with Gasteiger partial charge in [-0.2, -0.15) is 14.9 Å². The maximum absolute atomic E-state index is 5.34. The molecule has 0 saturated heterocycles.